The highest BCUT2D eigenvalue weighted by atomic mass is 32.2. The zero-order valence-electron chi connectivity index (χ0n) is 13.7. The van der Waals surface area contributed by atoms with Crippen LogP contribution in [0.4, 0.5) is 0 Å². The van der Waals surface area contributed by atoms with Crippen LogP contribution < -0.4 is 5.32 Å². The van der Waals surface area contributed by atoms with Crippen molar-refractivity contribution in [3.63, 3.8) is 0 Å². The molecule has 0 saturated heterocycles. The summed E-state index contributed by atoms with van der Waals surface area (Å²) in [7, 11) is -2.88. The van der Waals surface area contributed by atoms with Crippen LogP contribution in [0.15, 0.2) is 0 Å². The summed E-state index contributed by atoms with van der Waals surface area (Å²) in [5.41, 5.74) is 0. The fourth-order valence-corrected chi connectivity index (χ4v) is 4.15. The van der Waals surface area contributed by atoms with Gasteiger partial charge in [0.25, 0.3) is 0 Å². The molecule has 0 aromatic rings. The van der Waals surface area contributed by atoms with Gasteiger partial charge in [-0.3, -0.25) is 0 Å². The van der Waals surface area contributed by atoms with E-state index in [1.54, 1.807) is 13.8 Å². The van der Waals surface area contributed by atoms with E-state index in [1.165, 1.54) is 32.1 Å². The van der Waals surface area contributed by atoms with Gasteiger partial charge in [-0.1, -0.05) is 39.5 Å². The summed E-state index contributed by atoms with van der Waals surface area (Å²) < 4.78 is 24.0. The number of nitrogens with one attached hydrogen (secondary N) is 1. The molecule has 2 unspecified atom stereocenters. The monoisotopic (exact) mass is 303 g/mol. The van der Waals surface area contributed by atoms with Gasteiger partial charge in [-0.15, -0.1) is 0 Å². The van der Waals surface area contributed by atoms with Crippen LogP contribution in [0.3, 0.4) is 0 Å². The molecule has 0 aromatic carbocycles. The van der Waals surface area contributed by atoms with Gasteiger partial charge in [0.2, 0.25) is 0 Å². The minimum atomic E-state index is -2.88. The Morgan fingerprint density at radius 1 is 1.00 bits per heavy atom. The van der Waals surface area contributed by atoms with Crippen LogP contribution >= 0.6 is 0 Å². The van der Waals surface area contributed by atoms with Crippen LogP contribution in [-0.4, -0.2) is 32.0 Å². The van der Waals surface area contributed by atoms with Crippen LogP contribution in [0.2, 0.25) is 0 Å². The quantitative estimate of drug-likeness (QED) is 0.733. The topological polar surface area (TPSA) is 46.2 Å². The van der Waals surface area contributed by atoms with Crippen molar-refractivity contribution in [3.05, 3.63) is 0 Å². The predicted molar refractivity (Wildman–Crippen MR) is 86.7 cm³/mol. The van der Waals surface area contributed by atoms with Crippen LogP contribution in [0, 0.1) is 11.8 Å². The molecule has 1 aliphatic carbocycles. The van der Waals surface area contributed by atoms with E-state index in [4.69, 9.17) is 0 Å². The lowest BCUT2D eigenvalue weighted by molar-refractivity contribution is 0.286. The molecule has 1 rings (SSSR count). The lowest BCUT2D eigenvalue weighted by Crippen LogP contribution is -2.33. The first-order valence-electron chi connectivity index (χ1n) is 8.28. The standard InChI is InChI=1S/C16H33NO2S/c1-13(2)17-12-16-9-7-5-6-8-15(16)10-11-20(18,19)14(3)4/h13-17H,5-12H2,1-4H3. The smallest absolute Gasteiger partial charge is 0.152 e. The lowest BCUT2D eigenvalue weighted by Gasteiger charge is -2.26. The highest BCUT2D eigenvalue weighted by molar-refractivity contribution is 7.91. The number of hydrogen-bond acceptors (Lipinski definition) is 3. The van der Waals surface area contributed by atoms with Gasteiger partial charge in [0, 0.05) is 6.04 Å². The third-order valence-corrected chi connectivity index (χ3v) is 6.84. The molecule has 0 radical (unpaired) electrons. The van der Waals surface area contributed by atoms with Crippen molar-refractivity contribution < 1.29 is 8.42 Å². The summed E-state index contributed by atoms with van der Waals surface area (Å²) in [6.45, 7) is 8.98. The van der Waals surface area contributed by atoms with Crippen LogP contribution in [-0.2, 0) is 9.84 Å². The Balaban J connectivity index is 2.57. The largest absolute Gasteiger partial charge is 0.314 e. The Bertz CT molecular complexity index is 363. The maximum absolute atomic E-state index is 12.0. The van der Waals surface area contributed by atoms with E-state index in [-0.39, 0.29) is 5.25 Å². The van der Waals surface area contributed by atoms with Gasteiger partial charge in [0.05, 0.1) is 11.0 Å². The first-order chi connectivity index (χ1) is 9.33. The van der Waals surface area contributed by atoms with Gasteiger partial charge in [-0.05, 0) is 45.1 Å². The van der Waals surface area contributed by atoms with Crippen molar-refractivity contribution in [1.29, 1.82) is 0 Å². The van der Waals surface area contributed by atoms with Crippen LogP contribution in [0.1, 0.15) is 66.2 Å². The molecule has 4 heteroatoms. The zero-order valence-corrected chi connectivity index (χ0v) is 14.5. The second kappa shape index (κ2) is 8.38. The Labute approximate surface area is 125 Å². The summed E-state index contributed by atoms with van der Waals surface area (Å²) in [6, 6.07) is 0.512. The minimum absolute atomic E-state index is 0.236. The SMILES string of the molecule is CC(C)NCC1CCCCCC1CCS(=O)(=O)C(C)C. The summed E-state index contributed by atoms with van der Waals surface area (Å²) in [6.07, 6.45) is 7.20. The maximum atomic E-state index is 12.0. The Morgan fingerprint density at radius 3 is 2.15 bits per heavy atom. The van der Waals surface area contributed by atoms with Crippen LogP contribution in [0.5, 0.6) is 0 Å². The van der Waals surface area contributed by atoms with Crippen LogP contribution in [0.25, 0.3) is 0 Å². The second-order valence-corrected chi connectivity index (χ2v) is 9.60. The normalized spacial score (nSPS) is 25.1. The van der Waals surface area contributed by atoms with Gasteiger partial charge in [-0.25, -0.2) is 8.42 Å². The van der Waals surface area contributed by atoms with E-state index in [0.29, 0.717) is 23.6 Å². The number of rotatable bonds is 7. The van der Waals surface area contributed by atoms with Crippen molar-refractivity contribution in [2.75, 3.05) is 12.3 Å². The molecule has 0 aliphatic heterocycles. The van der Waals surface area contributed by atoms with Gasteiger partial charge < -0.3 is 5.32 Å². The van der Waals surface area contributed by atoms with Gasteiger partial charge in [0.15, 0.2) is 9.84 Å². The molecule has 1 aliphatic rings. The first-order valence-corrected chi connectivity index (χ1v) is 9.99. The fraction of sp³-hybridized carbons (Fsp3) is 1.00. The minimum Gasteiger partial charge on any atom is -0.314 e. The van der Waals surface area contributed by atoms with Gasteiger partial charge in [0.1, 0.15) is 0 Å². The molecule has 120 valence electrons. The van der Waals surface area contributed by atoms with Crippen molar-refractivity contribution >= 4 is 9.84 Å². The third-order valence-electron chi connectivity index (χ3n) is 4.60. The number of hydrogen-bond donors (Lipinski definition) is 1. The predicted octanol–water partition coefficient (Wildman–Crippen LogP) is 3.39. The highest BCUT2D eigenvalue weighted by Crippen LogP contribution is 2.31. The van der Waals surface area contributed by atoms with E-state index in [2.05, 4.69) is 19.2 Å². The summed E-state index contributed by atoms with van der Waals surface area (Å²) in [5, 5.41) is 3.31. The molecule has 0 heterocycles. The average Bonchev–Trinajstić information content (AvgIpc) is 2.58. The molecule has 20 heavy (non-hydrogen) atoms. The van der Waals surface area contributed by atoms with Crippen molar-refractivity contribution in [2.24, 2.45) is 11.8 Å². The molecule has 3 nitrogen and oxygen atoms in total. The Morgan fingerprint density at radius 2 is 1.60 bits per heavy atom. The molecule has 0 aromatic heterocycles. The Kier molecular flexibility index (Phi) is 7.52. The average molecular weight is 304 g/mol. The molecule has 0 amide bonds. The summed E-state index contributed by atoms with van der Waals surface area (Å²) in [4.78, 5) is 0. The van der Waals surface area contributed by atoms with E-state index in [9.17, 15) is 8.42 Å². The summed E-state index contributed by atoms with van der Waals surface area (Å²) >= 11 is 0. The fourth-order valence-electron chi connectivity index (χ4n) is 3.05. The first kappa shape index (κ1) is 18.0. The molecular weight excluding hydrogens is 270 g/mol. The highest BCUT2D eigenvalue weighted by Gasteiger charge is 2.26. The summed E-state index contributed by atoms with van der Waals surface area (Å²) in [5.74, 6) is 1.60. The molecule has 1 saturated carbocycles. The van der Waals surface area contributed by atoms with E-state index in [1.807, 2.05) is 0 Å². The Hall–Kier alpha value is -0.0900. The molecule has 0 spiro atoms. The van der Waals surface area contributed by atoms with E-state index >= 15 is 0 Å². The molecule has 1 fully saturated rings. The molecule has 2 atom stereocenters. The van der Waals surface area contributed by atoms with E-state index < -0.39 is 9.84 Å². The lowest BCUT2D eigenvalue weighted by atomic mass is 9.86. The maximum Gasteiger partial charge on any atom is 0.152 e. The van der Waals surface area contributed by atoms with Gasteiger partial charge in [-0.2, -0.15) is 0 Å². The zero-order chi connectivity index (χ0) is 15.2. The molecule has 0 bridgehead atoms. The van der Waals surface area contributed by atoms with Crippen molar-refractivity contribution in [1.82, 2.24) is 5.32 Å². The molecule has 1 N–H and O–H groups in total. The third kappa shape index (κ3) is 6.13. The van der Waals surface area contributed by atoms with Crippen molar-refractivity contribution in [2.45, 2.75) is 77.5 Å². The number of sulfone groups is 1. The van der Waals surface area contributed by atoms with Gasteiger partial charge >= 0.3 is 0 Å². The van der Waals surface area contributed by atoms with E-state index in [0.717, 1.165) is 13.0 Å². The second-order valence-electron chi connectivity index (χ2n) is 6.93. The molecular formula is C16H33NO2S. The van der Waals surface area contributed by atoms with Crippen molar-refractivity contribution in [3.8, 4) is 0 Å².